The van der Waals surface area contributed by atoms with E-state index in [1.807, 2.05) is 0 Å². The van der Waals surface area contributed by atoms with Gasteiger partial charge in [-0.3, -0.25) is 4.79 Å². The summed E-state index contributed by atoms with van der Waals surface area (Å²) in [5.74, 6) is -0.783. The van der Waals surface area contributed by atoms with E-state index < -0.39 is 21.5 Å². The Morgan fingerprint density at radius 2 is 1.43 bits per heavy atom. The molecule has 0 aliphatic heterocycles. The van der Waals surface area contributed by atoms with Gasteiger partial charge in [-0.15, -0.1) is 0 Å². The summed E-state index contributed by atoms with van der Waals surface area (Å²) in [5, 5.41) is 8.89. The summed E-state index contributed by atoms with van der Waals surface area (Å²) >= 11 is 0. The summed E-state index contributed by atoms with van der Waals surface area (Å²) in [5.41, 5.74) is -1.67. The Bertz CT molecular complexity index is 354. The second-order valence-corrected chi connectivity index (χ2v) is 6.96. The van der Waals surface area contributed by atoms with Crippen molar-refractivity contribution in [3.05, 3.63) is 0 Å². The van der Waals surface area contributed by atoms with Crippen molar-refractivity contribution in [2.45, 2.75) is 83.5 Å². The fraction of sp³-hybridized carbons (Fsp3) is 0.929. The van der Waals surface area contributed by atoms with E-state index >= 15 is 0 Å². The molecular weight excluding hydrogens is 303 g/mol. The molecule has 1 unspecified atom stereocenters. The van der Waals surface area contributed by atoms with E-state index in [2.05, 4.69) is 11.1 Å². The van der Waals surface area contributed by atoms with Crippen LogP contribution in [0.1, 0.15) is 78.1 Å². The molecule has 7 heteroatoms. The molecule has 1 N–H and O–H groups in total. The number of hydrogen-bond acceptors (Lipinski definition) is 5. The molecule has 0 saturated carbocycles. The van der Waals surface area contributed by atoms with Crippen LogP contribution in [-0.4, -0.2) is 54.5 Å². The number of unbranched alkanes of at least 4 members (excludes halogenated alkanes) is 8. The van der Waals surface area contributed by atoms with Gasteiger partial charge in [0.05, 0.1) is 0 Å². The average Bonchev–Trinajstić information content (AvgIpc) is 2.36. The topological polar surface area (TPSA) is 80.7 Å². The maximum Gasteiger partial charge on any atom is 0.338 e. The predicted octanol–water partition coefficient (Wildman–Crippen LogP) is 2.74. The summed E-state index contributed by atoms with van der Waals surface area (Å²) in [4.78, 5) is 11.3. The monoisotopic (exact) mass is 331 g/mol. The molecule has 0 aliphatic carbocycles. The van der Waals surface area contributed by atoms with Gasteiger partial charge in [0.25, 0.3) is 0 Å². The maximum atomic E-state index is 11.3. The quantitative estimate of drug-likeness (QED) is 0.338. The van der Waals surface area contributed by atoms with E-state index in [1.165, 1.54) is 32.1 Å². The van der Waals surface area contributed by atoms with E-state index in [4.69, 9.17) is 5.11 Å². The Balaban J connectivity index is 0. The van der Waals surface area contributed by atoms with Crippen LogP contribution in [0.3, 0.4) is 0 Å². The molecule has 0 aromatic rings. The van der Waals surface area contributed by atoms with Crippen LogP contribution in [0.4, 0.5) is 0 Å². The van der Waals surface area contributed by atoms with Crippen molar-refractivity contribution in [2.75, 3.05) is 0 Å². The van der Waals surface area contributed by atoms with Crippen molar-refractivity contribution >= 4 is 45.6 Å². The zero-order valence-electron chi connectivity index (χ0n) is 13.6. The molecule has 0 aromatic carbocycles. The standard InChI is InChI=1S/C14H28O5S.Na/c1-3-4-5-6-7-8-9-10-11-12-14(16)19-20(17,18)13(2)15;/h13,15H,3-12H2,1-2H3;. The molecule has 0 bridgehead atoms. The first kappa shape index (κ1) is 23.6. The number of carbonyl (C=O) groups excluding carboxylic acids is 1. The molecule has 0 fully saturated rings. The van der Waals surface area contributed by atoms with Gasteiger partial charge in [0.15, 0.2) is 5.44 Å². The molecule has 21 heavy (non-hydrogen) atoms. The van der Waals surface area contributed by atoms with Crippen molar-refractivity contribution in [2.24, 2.45) is 0 Å². The molecule has 0 heterocycles. The minimum absolute atomic E-state index is 0. The summed E-state index contributed by atoms with van der Waals surface area (Å²) in [6.07, 6.45) is 10.2. The zero-order valence-corrected chi connectivity index (χ0v) is 16.5. The molecule has 0 aromatic heterocycles. The van der Waals surface area contributed by atoms with Crippen molar-refractivity contribution in [1.29, 1.82) is 0 Å². The zero-order chi connectivity index (χ0) is 15.4. The van der Waals surface area contributed by atoms with Crippen LogP contribution in [0.15, 0.2) is 0 Å². The van der Waals surface area contributed by atoms with Gasteiger partial charge in [-0.05, 0) is 13.3 Å². The second-order valence-electron chi connectivity index (χ2n) is 5.13. The van der Waals surface area contributed by atoms with Crippen molar-refractivity contribution < 1.29 is 22.5 Å². The van der Waals surface area contributed by atoms with Crippen LogP contribution < -0.4 is 0 Å². The Labute approximate surface area is 151 Å². The smallest absolute Gasteiger partial charge is 0.338 e. The molecule has 1 atom stereocenters. The Morgan fingerprint density at radius 1 is 1.00 bits per heavy atom. The largest absolute Gasteiger partial charge is 0.374 e. The third-order valence-electron chi connectivity index (χ3n) is 3.11. The van der Waals surface area contributed by atoms with Crippen LogP contribution in [0.2, 0.25) is 0 Å². The summed E-state index contributed by atoms with van der Waals surface area (Å²) in [6, 6.07) is 0. The Kier molecular flexibility index (Phi) is 15.8. The molecule has 0 amide bonds. The molecule has 1 radical (unpaired) electrons. The van der Waals surface area contributed by atoms with Crippen LogP contribution >= 0.6 is 0 Å². The van der Waals surface area contributed by atoms with Crippen LogP contribution in [0, 0.1) is 0 Å². The minimum atomic E-state index is -4.15. The van der Waals surface area contributed by atoms with Crippen LogP contribution in [0.5, 0.6) is 0 Å². The van der Waals surface area contributed by atoms with Gasteiger partial charge < -0.3 is 9.29 Å². The normalized spacial score (nSPS) is 12.5. The summed E-state index contributed by atoms with van der Waals surface area (Å²) in [6.45, 7) is 3.25. The molecule has 0 saturated heterocycles. The molecule has 0 rings (SSSR count). The first-order valence-corrected chi connectivity index (χ1v) is 9.01. The number of rotatable bonds is 12. The van der Waals surface area contributed by atoms with Gasteiger partial charge in [-0.1, -0.05) is 58.3 Å². The minimum Gasteiger partial charge on any atom is -0.374 e. The van der Waals surface area contributed by atoms with Gasteiger partial charge in [-0.25, -0.2) is 0 Å². The Hall–Kier alpha value is 0.380. The van der Waals surface area contributed by atoms with Crippen LogP contribution in [-0.2, 0) is 19.1 Å². The molecular formula is C14H28NaO5S. The third-order valence-corrected chi connectivity index (χ3v) is 4.37. The van der Waals surface area contributed by atoms with E-state index in [9.17, 15) is 13.2 Å². The number of carbonyl (C=O) groups is 1. The number of hydrogen-bond donors (Lipinski definition) is 1. The Morgan fingerprint density at radius 3 is 1.86 bits per heavy atom. The van der Waals surface area contributed by atoms with E-state index in [1.54, 1.807) is 0 Å². The fourth-order valence-corrected chi connectivity index (χ4v) is 2.30. The predicted molar refractivity (Wildman–Crippen MR) is 84.3 cm³/mol. The van der Waals surface area contributed by atoms with Crippen molar-refractivity contribution in [3.8, 4) is 0 Å². The van der Waals surface area contributed by atoms with E-state index in [-0.39, 0.29) is 36.0 Å². The van der Waals surface area contributed by atoms with Gasteiger partial charge in [0, 0.05) is 36.0 Å². The summed E-state index contributed by atoms with van der Waals surface area (Å²) < 4.78 is 26.5. The number of aliphatic hydroxyl groups excluding tert-OH is 1. The SMILES string of the molecule is CCCCCCCCCCCC(=O)OS(=O)(=O)C(C)O.[Na]. The molecule has 5 nitrogen and oxygen atoms in total. The first-order valence-electron chi connectivity index (χ1n) is 7.54. The number of aliphatic hydroxyl groups is 1. The van der Waals surface area contributed by atoms with Crippen molar-refractivity contribution in [3.63, 3.8) is 0 Å². The second kappa shape index (κ2) is 14.0. The summed E-state index contributed by atoms with van der Waals surface area (Å²) in [7, 11) is -4.15. The van der Waals surface area contributed by atoms with Crippen molar-refractivity contribution in [1.82, 2.24) is 0 Å². The maximum absolute atomic E-state index is 11.3. The third kappa shape index (κ3) is 13.7. The van der Waals surface area contributed by atoms with E-state index in [0.29, 0.717) is 6.42 Å². The van der Waals surface area contributed by atoms with Gasteiger partial charge in [0.1, 0.15) is 0 Å². The van der Waals surface area contributed by atoms with Gasteiger partial charge >= 0.3 is 16.1 Å². The molecule has 121 valence electrons. The van der Waals surface area contributed by atoms with E-state index in [0.717, 1.165) is 26.2 Å². The average molecular weight is 331 g/mol. The molecule has 0 spiro atoms. The van der Waals surface area contributed by atoms with Crippen LogP contribution in [0.25, 0.3) is 0 Å². The fourth-order valence-electron chi connectivity index (χ4n) is 1.82. The van der Waals surface area contributed by atoms with Gasteiger partial charge in [0.2, 0.25) is 0 Å². The molecule has 0 aliphatic rings. The first-order chi connectivity index (χ1) is 9.40. The van der Waals surface area contributed by atoms with Gasteiger partial charge in [-0.2, -0.15) is 8.42 Å².